The van der Waals surface area contributed by atoms with Crippen LogP contribution < -0.4 is 10.6 Å². The third kappa shape index (κ3) is 5.30. The zero-order valence-electron chi connectivity index (χ0n) is 17.9. The van der Waals surface area contributed by atoms with E-state index in [0.29, 0.717) is 36.5 Å². The van der Waals surface area contributed by atoms with Crippen molar-refractivity contribution in [3.63, 3.8) is 0 Å². The summed E-state index contributed by atoms with van der Waals surface area (Å²) in [6, 6.07) is 0. The van der Waals surface area contributed by atoms with E-state index in [1.807, 2.05) is 0 Å². The molecule has 2 aliphatic heterocycles. The first kappa shape index (κ1) is 22.7. The molecule has 0 radical (unpaired) electrons. The number of fused-ring (bicyclic) bond motifs is 1. The Morgan fingerprint density at radius 2 is 1.97 bits per heavy atom. The normalized spacial score (nSPS) is 24.5. The highest BCUT2D eigenvalue weighted by atomic mass is 32.2. The van der Waals surface area contributed by atoms with E-state index in [1.54, 1.807) is 0 Å². The van der Waals surface area contributed by atoms with Crippen LogP contribution in [0.4, 0.5) is 5.00 Å². The SMILES string of the molecule is CS(=O)(=O)N1CCCC(C(=O)Nc2sc3c(c2C(=O)NCC2CCCO2)CCCC3)C1. The number of anilines is 1. The molecule has 2 unspecified atom stereocenters. The predicted octanol–water partition coefficient (Wildman–Crippen LogP) is 2.15. The summed E-state index contributed by atoms with van der Waals surface area (Å²) < 4.78 is 30.8. The first-order valence-corrected chi connectivity index (χ1v) is 13.8. The Hall–Kier alpha value is -1.49. The van der Waals surface area contributed by atoms with E-state index in [2.05, 4.69) is 10.6 Å². The number of aryl methyl sites for hydroxylation is 1. The van der Waals surface area contributed by atoms with Crippen LogP contribution in [0.15, 0.2) is 0 Å². The van der Waals surface area contributed by atoms with Crippen molar-refractivity contribution in [3.8, 4) is 0 Å². The van der Waals surface area contributed by atoms with Crippen LogP contribution in [-0.2, 0) is 32.4 Å². The van der Waals surface area contributed by atoms with Crippen molar-refractivity contribution in [2.45, 2.75) is 57.5 Å². The maximum absolute atomic E-state index is 13.1. The lowest BCUT2D eigenvalue weighted by atomic mass is 9.95. The highest BCUT2D eigenvalue weighted by Gasteiger charge is 2.32. The van der Waals surface area contributed by atoms with E-state index in [-0.39, 0.29) is 24.5 Å². The van der Waals surface area contributed by atoms with E-state index in [4.69, 9.17) is 4.74 Å². The zero-order chi connectivity index (χ0) is 22.0. The van der Waals surface area contributed by atoms with Crippen molar-refractivity contribution in [2.75, 3.05) is 37.8 Å². The number of piperidine rings is 1. The minimum Gasteiger partial charge on any atom is -0.376 e. The molecule has 1 aliphatic carbocycles. The van der Waals surface area contributed by atoms with E-state index in [0.717, 1.165) is 50.7 Å². The van der Waals surface area contributed by atoms with Gasteiger partial charge in [-0.05, 0) is 56.9 Å². The molecule has 0 spiro atoms. The van der Waals surface area contributed by atoms with Gasteiger partial charge >= 0.3 is 0 Å². The first-order valence-electron chi connectivity index (χ1n) is 11.1. The van der Waals surface area contributed by atoms with Crippen molar-refractivity contribution < 1.29 is 22.7 Å². The summed E-state index contributed by atoms with van der Waals surface area (Å²) in [5.41, 5.74) is 1.64. The third-order valence-corrected chi connectivity index (χ3v) is 8.85. The fourth-order valence-corrected chi connectivity index (χ4v) is 6.87. The molecule has 2 N–H and O–H groups in total. The molecule has 0 aromatic carbocycles. The molecule has 8 nitrogen and oxygen atoms in total. The number of nitrogens with one attached hydrogen (secondary N) is 2. The van der Waals surface area contributed by atoms with Crippen LogP contribution in [0.25, 0.3) is 0 Å². The summed E-state index contributed by atoms with van der Waals surface area (Å²) in [4.78, 5) is 27.3. The zero-order valence-corrected chi connectivity index (χ0v) is 19.6. The van der Waals surface area contributed by atoms with Gasteiger partial charge in [0.2, 0.25) is 15.9 Å². The van der Waals surface area contributed by atoms with E-state index >= 15 is 0 Å². The van der Waals surface area contributed by atoms with Gasteiger partial charge in [-0.2, -0.15) is 0 Å². The molecule has 2 fully saturated rings. The summed E-state index contributed by atoms with van der Waals surface area (Å²) in [6.45, 7) is 1.85. The summed E-state index contributed by atoms with van der Waals surface area (Å²) in [5.74, 6) is -0.780. The molecule has 1 aromatic rings. The molecule has 31 heavy (non-hydrogen) atoms. The maximum atomic E-state index is 13.1. The van der Waals surface area contributed by atoms with Crippen LogP contribution in [-0.4, -0.2) is 63.1 Å². The number of rotatable bonds is 6. The fraction of sp³-hybridized carbons (Fsp3) is 0.714. The van der Waals surface area contributed by atoms with Crippen LogP contribution in [0.5, 0.6) is 0 Å². The molecule has 3 heterocycles. The van der Waals surface area contributed by atoms with Crippen LogP contribution in [0.1, 0.15) is 59.3 Å². The number of amides is 2. The van der Waals surface area contributed by atoms with Crippen molar-refractivity contribution >= 4 is 38.2 Å². The minimum absolute atomic E-state index is 0.0562. The van der Waals surface area contributed by atoms with Crippen molar-refractivity contribution in [1.29, 1.82) is 0 Å². The van der Waals surface area contributed by atoms with Gasteiger partial charge < -0.3 is 15.4 Å². The van der Waals surface area contributed by atoms with Gasteiger partial charge in [0.25, 0.3) is 5.91 Å². The van der Waals surface area contributed by atoms with E-state index in [9.17, 15) is 18.0 Å². The number of thiophene rings is 1. The van der Waals surface area contributed by atoms with Gasteiger partial charge in [-0.25, -0.2) is 12.7 Å². The highest BCUT2D eigenvalue weighted by Crippen LogP contribution is 2.38. The Labute approximate surface area is 187 Å². The molecular formula is C21H31N3O5S2. The lowest BCUT2D eigenvalue weighted by Crippen LogP contribution is -2.43. The van der Waals surface area contributed by atoms with Crippen molar-refractivity contribution in [3.05, 3.63) is 16.0 Å². The number of carbonyl (C=O) groups excluding carboxylic acids is 2. The van der Waals surface area contributed by atoms with Crippen LogP contribution in [0.3, 0.4) is 0 Å². The van der Waals surface area contributed by atoms with Gasteiger partial charge in [0.05, 0.1) is 23.8 Å². The molecule has 0 bridgehead atoms. The summed E-state index contributed by atoms with van der Waals surface area (Å²) >= 11 is 1.49. The second-order valence-corrected chi connectivity index (χ2v) is 11.8. The Kier molecular flexibility index (Phi) is 7.00. The number of sulfonamides is 1. The fourth-order valence-electron chi connectivity index (χ4n) is 4.67. The van der Waals surface area contributed by atoms with Gasteiger partial charge in [-0.3, -0.25) is 9.59 Å². The largest absolute Gasteiger partial charge is 0.376 e. The molecule has 0 saturated carbocycles. The number of nitrogens with zero attached hydrogens (tertiary/aromatic N) is 1. The van der Waals surface area contributed by atoms with Crippen molar-refractivity contribution in [2.24, 2.45) is 5.92 Å². The van der Waals surface area contributed by atoms with Gasteiger partial charge in [0.1, 0.15) is 5.00 Å². The monoisotopic (exact) mass is 469 g/mol. The highest BCUT2D eigenvalue weighted by molar-refractivity contribution is 7.88. The average molecular weight is 470 g/mol. The number of ether oxygens (including phenoxy) is 1. The van der Waals surface area contributed by atoms with Gasteiger partial charge in [0.15, 0.2) is 0 Å². The van der Waals surface area contributed by atoms with Crippen LogP contribution in [0, 0.1) is 5.92 Å². The van der Waals surface area contributed by atoms with E-state index < -0.39 is 15.9 Å². The summed E-state index contributed by atoms with van der Waals surface area (Å²) in [7, 11) is -3.32. The van der Waals surface area contributed by atoms with Gasteiger partial charge in [0, 0.05) is 31.1 Å². The maximum Gasteiger partial charge on any atom is 0.254 e. The Bertz CT molecular complexity index is 937. The second kappa shape index (κ2) is 9.56. The van der Waals surface area contributed by atoms with Gasteiger partial charge in [-0.1, -0.05) is 0 Å². The van der Waals surface area contributed by atoms with Crippen LogP contribution >= 0.6 is 11.3 Å². The molecule has 2 saturated heterocycles. The minimum atomic E-state index is -3.32. The lowest BCUT2D eigenvalue weighted by Gasteiger charge is -2.30. The molecule has 2 atom stereocenters. The number of hydrogen-bond donors (Lipinski definition) is 2. The first-order chi connectivity index (χ1) is 14.8. The second-order valence-electron chi connectivity index (χ2n) is 8.71. The summed E-state index contributed by atoms with van der Waals surface area (Å²) in [6.07, 6.45) is 8.38. The number of hydrogen-bond acceptors (Lipinski definition) is 6. The molecule has 172 valence electrons. The molecule has 10 heteroatoms. The average Bonchev–Trinajstić information content (AvgIpc) is 3.39. The molecular weight excluding hydrogens is 438 g/mol. The van der Waals surface area contributed by atoms with E-state index in [1.165, 1.54) is 26.8 Å². The third-order valence-electron chi connectivity index (χ3n) is 6.37. The Morgan fingerprint density at radius 3 is 2.71 bits per heavy atom. The molecule has 2 amide bonds. The molecule has 4 rings (SSSR count). The molecule has 3 aliphatic rings. The van der Waals surface area contributed by atoms with Crippen molar-refractivity contribution in [1.82, 2.24) is 9.62 Å². The number of carbonyl (C=O) groups is 2. The Morgan fingerprint density at radius 1 is 1.16 bits per heavy atom. The predicted molar refractivity (Wildman–Crippen MR) is 120 cm³/mol. The smallest absolute Gasteiger partial charge is 0.254 e. The molecule has 1 aromatic heterocycles. The van der Waals surface area contributed by atoms with Crippen LogP contribution in [0.2, 0.25) is 0 Å². The lowest BCUT2D eigenvalue weighted by molar-refractivity contribution is -0.120. The topological polar surface area (TPSA) is 105 Å². The standard InChI is InChI=1S/C21H31N3O5S2/c1-31(27,28)24-10-4-6-14(13-24)19(25)23-21-18(16-8-2-3-9-17(16)30-21)20(26)22-12-15-7-5-11-29-15/h14-15H,2-13H2,1H3,(H,22,26)(H,23,25). The summed E-state index contributed by atoms with van der Waals surface area (Å²) in [5, 5.41) is 6.58. The van der Waals surface area contributed by atoms with Gasteiger partial charge in [-0.15, -0.1) is 11.3 Å². The quantitative estimate of drug-likeness (QED) is 0.664. The Balaban J connectivity index is 1.50.